The van der Waals surface area contributed by atoms with Gasteiger partial charge < -0.3 is 9.47 Å². The van der Waals surface area contributed by atoms with Crippen molar-refractivity contribution in [1.29, 1.82) is 0 Å². The van der Waals surface area contributed by atoms with Crippen molar-refractivity contribution < 1.29 is 9.47 Å². The van der Waals surface area contributed by atoms with Crippen LogP contribution >= 0.6 is 0 Å². The van der Waals surface area contributed by atoms with Crippen LogP contribution < -0.4 is 4.74 Å². The number of rotatable bonds is 3. The van der Waals surface area contributed by atoms with Crippen molar-refractivity contribution in [3.8, 4) is 5.75 Å². The van der Waals surface area contributed by atoms with Crippen LogP contribution in [0, 0.1) is 0 Å². The summed E-state index contributed by atoms with van der Waals surface area (Å²) in [6, 6.07) is 18.5. The summed E-state index contributed by atoms with van der Waals surface area (Å²) in [6.07, 6.45) is 1.07. The first-order valence-corrected chi connectivity index (χ1v) is 6.80. The number of benzene rings is 2. The van der Waals surface area contributed by atoms with Gasteiger partial charge in [-0.25, -0.2) is 0 Å². The fourth-order valence-electron chi connectivity index (χ4n) is 2.61. The third-order valence-electron chi connectivity index (χ3n) is 3.50. The number of para-hydroxylation sites is 1. The fourth-order valence-corrected chi connectivity index (χ4v) is 2.61. The Bertz CT molecular complexity index is 536. The molecule has 2 nitrogen and oxygen atoms in total. The van der Waals surface area contributed by atoms with Gasteiger partial charge in [0.05, 0.1) is 6.10 Å². The monoisotopic (exact) mass is 254 g/mol. The molecule has 19 heavy (non-hydrogen) atoms. The molecule has 2 atom stereocenters. The largest absolute Gasteiger partial charge is 0.485 e. The summed E-state index contributed by atoms with van der Waals surface area (Å²) in [5.74, 6) is 0.945. The Morgan fingerprint density at radius 2 is 1.79 bits per heavy atom. The Morgan fingerprint density at radius 3 is 2.58 bits per heavy atom. The summed E-state index contributed by atoms with van der Waals surface area (Å²) in [5.41, 5.74) is 2.37. The highest BCUT2D eigenvalue weighted by atomic mass is 16.5. The molecular formula is C17H18O2. The first kappa shape index (κ1) is 12.2. The number of fused-ring (bicyclic) bond motifs is 1. The quantitative estimate of drug-likeness (QED) is 0.813. The molecule has 0 amide bonds. The molecule has 1 heterocycles. The van der Waals surface area contributed by atoms with Crippen LogP contribution in [0.4, 0.5) is 0 Å². The summed E-state index contributed by atoms with van der Waals surface area (Å²) in [5, 5.41) is 0. The van der Waals surface area contributed by atoms with Crippen LogP contribution in [-0.2, 0) is 4.74 Å². The van der Waals surface area contributed by atoms with Gasteiger partial charge in [0.2, 0.25) is 0 Å². The fraction of sp³-hybridized carbons (Fsp3) is 0.294. The second-order valence-electron chi connectivity index (χ2n) is 4.73. The number of hydrogen-bond donors (Lipinski definition) is 0. The zero-order chi connectivity index (χ0) is 13.1. The number of hydrogen-bond acceptors (Lipinski definition) is 2. The van der Waals surface area contributed by atoms with Gasteiger partial charge in [-0.05, 0) is 18.6 Å². The molecule has 2 aromatic rings. The van der Waals surface area contributed by atoms with Crippen molar-refractivity contribution in [2.75, 3.05) is 6.61 Å². The molecule has 0 aromatic heterocycles. The van der Waals surface area contributed by atoms with Gasteiger partial charge in [0.15, 0.2) is 0 Å². The molecule has 0 bridgehead atoms. The molecule has 2 heteroatoms. The van der Waals surface area contributed by atoms with Crippen molar-refractivity contribution >= 4 is 0 Å². The lowest BCUT2D eigenvalue weighted by Gasteiger charge is -2.32. The highest BCUT2D eigenvalue weighted by Gasteiger charge is 2.29. The predicted octanol–water partition coefficient (Wildman–Crippen LogP) is 4.29. The van der Waals surface area contributed by atoms with Gasteiger partial charge in [-0.15, -0.1) is 0 Å². The highest BCUT2D eigenvalue weighted by Crippen LogP contribution is 2.42. The SMILES string of the molecule is CCO[C@@H]1C[C@@H](c2ccccc2)Oc2ccccc21. The Hall–Kier alpha value is -1.80. The Morgan fingerprint density at radius 1 is 1.05 bits per heavy atom. The Kier molecular flexibility index (Phi) is 3.51. The van der Waals surface area contributed by atoms with Crippen molar-refractivity contribution in [3.63, 3.8) is 0 Å². The maximum absolute atomic E-state index is 6.11. The maximum atomic E-state index is 6.11. The van der Waals surface area contributed by atoms with Gasteiger partial charge in [0.1, 0.15) is 11.9 Å². The van der Waals surface area contributed by atoms with E-state index in [-0.39, 0.29) is 12.2 Å². The summed E-state index contributed by atoms with van der Waals surface area (Å²) in [7, 11) is 0. The normalized spacial score (nSPS) is 21.5. The Balaban J connectivity index is 1.92. The molecule has 0 N–H and O–H groups in total. The van der Waals surface area contributed by atoms with Crippen LogP contribution in [0.15, 0.2) is 54.6 Å². The second kappa shape index (κ2) is 5.45. The molecule has 0 spiro atoms. The molecule has 3 rings (SSSR count). The summed E-state index contributed by atoms with van der Waals surface area (Å²) < 4.78 is 12.0. The molecule has 1 aliphatic heterocycles. The summed E-state index contributed by atoms with van der Waals surface area (Å²) in [6.45, 7) is 2.76. The van der Waals surface area contributed by atoms with Crippen molar-refractivity contribution in [3.05, 3.63) is 65.7 Å². The highest BCUT2D eigenvalue weighted by molar-refractivity contribution is 5.38. The molecule has 98 valence electrons. The van der Waals surface area contributed by atoms with Crippen molar-refractivity contribution in [1.82, 2.24) is 0 Å². The molecule has 0 radical (unpaired) electrons. The van der Waals surface area contributed by atoms with Gasteiger partial charge >= 0.3 is 0 Å². The summed E-state index contributed by atoms with van der Waals surface area (Å²) >= 11 is 0. The first-order valence-electron chi connectivity index (χ1n) is 6.80. The van der Waals surface area contributed by atoms with Gasteiger partial charge in [0.25, 0.3) is 0 Å². The molecular weight excluding hydrogens is 236 g/mol. The van der Waals surface area contributed by atoms with Gasteiger partial charge in [0, 0.05) is 18.6 Å². The van der Waals surface area contributed by atoms with E-state index in [1.54, 1.807) is 0 Å². The van der Waals surface area contributed by atoms with Crippen LogP contribution in [0.2, 0.25) is 0 Å². The molecule has 0 aliphatic carbocycles. The zero-order valence-corrected chi connectivity index (χ0v) is 11.1. The molecule has 0 fully saturated rings. The lowest BCUT2D eigenvalue weighted by Crippen LogP contribution is -2.20. The van der Waals surface area contributed by atoms with E-state index in [0.717, 1.165) is 24.3 Å². The van der Waals surface area contributed by atoms with Crippen LogP contribution in [0.25, 0.3) is 0 Å². The molecule has 2 aromatic carbocycles. The van der Waals surface area contributed by atoms with E-state index in [0.29, 0.717) is 0 Å². The van der Waals surface area contributed by atoms with Crippen LogP contribution in [0.5, 0.6) is 5.75 Å². The molecule has 0 saturated carbocycles. The van der Waals surface area contributed by atoms with Crippen LogP contribution in [0.3, 0.4) is 0 Å². The van der Waals surface area contributed by atoms with E-state index in [1.165, 1.54) is 5.56 Å². The van der Waals surface area contributed by atoms with Crippen molar-refractivity contribution in [2.24, 2.45) is 0 Å². The lowest BCUT2D eigenvalue weighted by atomic mass is 9.95. The molecule has 0 unspecified atom stereocenters. The predicted molar refractivity (Wildman–Crippen MR) is 75.2 cm³/mol. The van der Waals surface area contributed by atoms with Gasteiger partial charge in [-0.1, -0.05) is 48.5 Å². The number of ether oxygens (including phenoxy) is 2. The smallest absolute Gasteiger partial charge is 0.127 e. The van der Waals surface area contributed by atoms with E-state index in [9.17, 15) is 0 Å². The third kappa shape index (κ3) is 2.49. The first-order chi connectivity index (χ1) is 9.38. The van der Waals surface area contributed by atoms with Crippen LogP contribution in [-0.4, -0.2) is 6.61 Å². The topological polar surface area (TPSA) is 18.5 Å². The zero-order valence-electron chi connectivity index (χ0n) is 11.1. The van der Waals surface area contributed by atoms with E-state index < -0.39 is 0 Å². The summed E-state index contributed by atoms with van der Waals surface area (Å²) in [4.78, 5) is 0. The molecule has 0 saturated heterocycles. The minimum Gasteiger partial charge on any atom is -0.485 e. The Labute approximate surface area is 114 Å². The van der Waals surface area contributed by atoms with E-state index in [2.05, 4.69) is 30.3 Å². The van der Waals surface area contributed by atoms with Gasteiger partial charge in [-0.2, -0.15) is 0 Å². The lowest BCUT2D eigenvalue weighted by molar-refractivity contribution is 0.00572. The van der Waals surface area contributed by atoms with Gasteiger partial charge in [-0.3, -0.25) is 0 Å². The standard InChI is InChI=1S/C17H18O2/c1-2-18-17-12-16(13-8-4-3-5-9-13)19-15-11-7-6-10-14(15)17/h3-11,16-17H,2,12H2,1H3/t16-,17+/m0/s1. The van der Waals surface area contributed by atoms with E-state index >= 15 is 0 Å². The molecule has 1 aliphatic rings. The average Bonchev–Trinajstić information content (AvgIpc) is 2.48. The van der Waals surface area contributed by atoms with Crippen molar-refractivity contribution in [2.45, 2.75) is 25.6 Å². The minimum absolute atomic E-state index is 0.0765. The van der Waals surface area contributed by atoms with E-state index in [4.69, 9.17) is 9.47 Å². The third-order valence-corrected chi connectivity index (χ3v) is 3.50. The second-order valence-corrected chi connectivity index (χ2v) is 4.73. The maximum Gasteiger partial charge on any atom is 0.127 e. The average molecular weight is 254 g/mol. The van der Waals surface area contributed by atoms with Crippen LogP contribution in [0.1, 0.15) is 36.7 Å². The van der Waals surface area contributed by atoms with E-state index in [1.807, 2.05) is 31.2 Å². The minimum atomic E-state index is 0.0765.